The van der Waals surface area contributed by atoms with Crippen molar-refractivity contribution in [1.29, 1.82) is 0 Å². The minimum absolute atomic E-state index is 0.381. The number of ether oxygens (including phenoxy) is 1. The molecule has 0 unspecified atom stereocenters. The summed E-state index contributed by atoms with van der Waals surface area (Å²) in [5, 5.41) is 0. The molecule has 0 bridgehead atoms. The summed E-state index contributed by atoms with van der Waals surface area (Å²) in [6, 6.07) is 0. The Morgan fingerprint density at radius 1 is 1.25 bits per heavy atom. The fourth-order valence-corrected chi connectivity index (χ4v) is 0.757. The van der Waals surface area contributed by atoms with E-state index in [1.165, 1.54) is 0 Å². The molecular weight excluding hydrogens is 148 g/mol. The Morgan fingerprint density at radius 3 is 2.42 bits per heavy atom. The molecule has 0 rings (SSSR count). The van der Waals surface area contributed by atoms with Crippen LogP contribution >= 0.6 is 0 Å². The van der Waals surface area contributed by atoms with Gasteiger partial charge in [0, 0.05) is 19.6 Å². The number of unbranched alkanes of at least 4 members (excludes halogenated alkanes) is 1. The molecule has 0 aromatic carbocycles. The number of hydrogen-bond acceptors (Lipinski definition) is 1. The lowest BCUT2D eigenvalue weighted by Crippen LogP contribution is -2.09. The first-order valence-corrected chi connectivity index (χ1v) is 4.57. The minimum Gasteiger partial charge on any atom is -0.381 e. The van der Waals surface area contributed by atoms with Gasteiger partial charge in [-0.3, -0.25) is 0 Å². The zero-order chi connectivity index (χ0) is 9.45. The fourth-order valence-electron chi connectivity index (χ4n) is 0.757. The average Bonchev–Trinajstić information content (AvgIpc) is 1.94. The highest BCUT2D eigenvalue weighted by Gasteiger charge is 2.08. The van der Waals surface area contributed by atoms with Gasteiger partial charge >= 0.3 is 0 Å². The Balaban J connectivity index is 3.07. The van der Waals surface area contributed by atoms with Crippen molar-refractivity contribution < 1.29 is 4.74 Å². The summed E-state index contributed by atoms with van der Waals surface area (Å²) in [5.41, 5.74) is 0.381. The van der Waals surface area contributed by atoms with Crippen LogP contribution < -0.4 is 0 Å². The third-order valence-electron chi connectivity index (χ3n) is 1.61. The first-order chi connectivity index (χ1) is 5.56. The summed E-state index contributed by atoms with van der Waals surface area (Å²) in [6.07, 6.45) is 8.04. The Hall–Kier alpha value is -0.480. The van der Waals surface area contributed by atoms with E-state index in [9.17, 15) is 0 Å². The van der Waals surface area contributed by atoms with Gasteiger partial charge in [-0.05, 0) is 18.3 Å². The van der Waals surface area contributed by atoms with Gasteiger partial charge in [0.05, 0.1) is 0 Å². The molecule has 0 atom stereocenters. The predicted molar refractivity (Wildman–Crippen MR) is 53.0 cm³/mol. The van der Waals surface area contributed by atoms with Crippen LogP contribution in [-0.2, 0) is 4.74 Å². The molecule has 0 spiro atoms. The maximum absolute atomic E-state index is 5.42. The van der Waals surface area contributed by atoms with Crippen molar-refractivity contribution in [3.8, 4) is 12.3 Å². The van der Waals surface area contributed by atoms with Crippen LogP contribution in [0, 0.1) is 17.8 Å². The van der Waals surface area contributed by atoms with Crippen molar-refractivity contribution in [2.45, 2.75) is 40.0 Å². The highest BCUT2D eigenvalue weighted by molar-refractivity contribution is 4.82. The van der Waals surface area contributed by atoms with Crippen LogP contribution in [0.1, 0.15) is 40.0 Å². The van der Waals surface area contributed by atoms with E-state index < -0.39 is 0 Å². The fraction of sp³-hybridized carbons (Fsp3) is 0.818. The summed E-state index contributed by atoms with van der Waals surface area (Å²) in [7, 11) is 0. The molecule has 0 fully saturated rings. The maximum Gasteiger partial charge on any atom is 0.0475 e. The summed E-state index contributed by atoms with van der Waals surface area (Å²) in [5.74, 6) is 2.59. The zero-order valence-electron chi connectivity index (χ0n) is 8.52. The van der Waals surface area contributed by atoms with E-state index >= 15 is 0 Å². The summed E-state index contributed by atoms with van der Waals surface area (Å²) in [4.78, 5) is 0. The number of hydrogen-bond donors (Lipinski definition) is 0. The molecule has 0 aromatic rings. The first-order valence-electron chi connectivity index (χ1n) is 4.57. The summed E-state index contributed by atoms with van der Waals surface area (Å²) < 4.78 is 5.42. The molecule has 0 N–H and O–H groups in total. The van der Waals surface area contributed by atoms with E-state index in [0.717, 1.165) is 32.5 Å². The molecule has 0 aliphatic heterocycles. The highest BCUT2D eigenvalue weighted by Crippen LogP contribution is 2.17. The van der Waals surface area contributed by atoms with Gasteiger partial charge in [-0.1, -0.05) is 20.8 Å². The Labute approximate surface area is 76.5 Å². The van der Waals surface area contributed by atoms with E-state index in [1.807, 2.05) is 0 Å². The Morgan fingerprint density at radius 2 is 1.92 bits per heavy atom. The third kappa shape index (κ3) is 9.52. The molecule has 12 heavy (non-hydrogen) atoms. The van der Waals surface area contributed by atoms with Crippen LogP contribution in [0.3, 0.4) is 0 Å². The van der Waals surface area contributed by atoms with Crippen molar-refractivity contribution in [2.75, 3.05) is 13.2 Å². The van der Waals surface area contributed by atoms with Gasteiger partial charge in [-0.15, -0.1) is 12.3 Å². The number of terminal acetylenes is 1. The Bertz CT molecular complexity index is 136. The second-order valence-corrected chi connectivity index (χ2v) is 4.23. The molecule has 1 nitrogen and oxygen atoms in total. The lowest BCUT2D eigenvalue weighted by molar-refractivity contribution is 0.107. The molecule has 0 aliphatic carbocycles. The lowest BCUT2D eigenvalue weighted by Gasteiger charge is -2.17. The molecule has 1 heteroatoms. The van der Waals surface area contributed by atoms with E-state index in [4.69, 9.17) is 11.2 Å². The Kier molecular flexibility index (Phi) is 5.84. The summed E-state index contributed by atoms with van der Waals surface area (Å²) >= 11 is 0. The largest absolute Gasteiger partial charge is 0.381 e. The van der Waals surface area contributed by atoms with Gasteiger partial charge in [0.1, 0.15) is 0 Å². The molecule has 0 amide bonds. The third-order valence-corrected chi connectivity index (χ3v) is 1.61. The van der Waals surface area contributed by atoms with Crippen LogP contribution in [0.15, 0.2) is 0 Å². The second-order valence-electron chi connectivity index (χ2n) is 4.23. The van der Waals surface area contributed by atoms with Gasteiger partial charge in [-0.2, -0.15) is 0 Å². The van der Waals surface area contributed by atoms with Crippen molar-refractivity contribution in [3.05, 3.63) is 0 Å². The second kappa shape index (κ2) is 6.08. The van der Waals surface area contributed by atoms with Gasteiger partial charge < -0.3 is 4.74 Å². The van der Waals surface area contributed by atoms with Gasteiger partial charge in [0.15, 0.2) is 0 Å². The van der Waals surface area contributed by atoms with E-state index in [2.05, 4.69) is 26.7 Å². The summed E-state index contributed by atoms with van der Waals surface area (Å²) in [6.45, 7) is 8.32. The molecule has 70 valence electrons. The lowest BCUT2D eigenvalue weighted by atomic mass is 9.93. The molecule has 0 saturated heterocycles. The maximum atomic E-state index is 5.42. The van der Waals surface area contributed by atoms with E-state index in [0.29, 0.717) is 5.41 Å². The molecule has 0 aromatic heterocycles. The van der Waals surface area contributed by atoms with Crippen LogP contribution in [-0.4, -0.2) is 13.2 Å². The molecular formula is C11H20O. The first kappa shape index (κ1) is 11.5. The van der Waals surface area contributed by atoms with Crippen molar-refractivity contribution >= 4 is 0 Å². The minimum atomic E-state index is 0.381. The topological polar surface area (TPSA) is 9.23 Å². The monoisotopic (exact) mass is 168 g/mol. The molecule has 0 radical (unpaired) electrons. The van der Waals surface area contributed by atoms with E-state index in [-0.39, 0.29) is 0 Å². The van der Waals surface area contributed by atoms with Crippen LogP contribution in [0.2, 0.25) is 0 Å². The highest BCUT2D eigenvalue weighted by atomic mass is 16.5. The quantitative estimate of drug-likeness (QED) is 0.453. The normalized spacial score (nSPS) is 11.2. The van der Waals surface area contributed by atoms with Gasteiger partial charge in [-0.25, -0.2) is 0 Å². The standard InChI is InChI=1S/C11H20O/c1-5-6-7-9-12-10-8-11(2,3)4/h1H,6-10H2,2-4H3. The van der Waals surface area contributed by atoms with Crippen molar-refractivity contribution in [2.24, 2.45) is 5.41 Å². The van der Waals surface area contributed by atoms with Crippen LogP contribution in [0.5, 0.6) is 0 Å². The average molecular weight is 168 g/mol. The zero-order valence-corrected chi connectivity index (χ0v) is 8.52. The molecule has 0 aliphatic rings. The van der Waals surface area contributed by atoms with Crippen LogP contribution in [0.25, 0.3) is 0 Å². The SMILES string of the molecule is C#CCCCOCCC(C)(C)C. The predicted octanol–water partition coefficient (Wildman–Crippen LogP) is 2.85. The number of rotatable bonds is 5. The van der Waals surface area contributed by atoms with Gasteiger partial charge in [0.2, 0.25) is 0 Å². The van der Waals surface area contributed by atoms with E-state index in [1.54, 1.807) is 0 Å². The molecule has 0 heterocycles. The smallest absolute Gasteiger partial charge is 0.0475 e. The molecule has 0 saturated carbocycles. The van der Waals surface area contributed by atoms with Gasteiger partial charge in [0.25, 0.3) is 0 Å². The van der Waals surface area contributed by atoms with Crippen LogP contribution in [0.4, 0.5) is 0 Å². The van der Waals surface area contributed by atoms with Crippen molar-refractivity contribution in [1.82, 2.24) is 0 Å². The van der Waals surface area contributed by atoms with Crippen molar-refractivity contribution in [3.63, 3.8) is 0 Å².